The maximum atomic E-state index is 15.8. The first kappa shape index (κ1) is 35.5. The quantitative estimate of drug-likeness (QED) is 0.237. The molecule has 3 saturated heterocycles. The summed E-state index contributed by atoms with van der Waals surface area (Å²) in [6, 6.07) is 11.4. The number of fused-ring (bicyclic) bond motifs is 2. The highest BCUT2D eigenvalue weighted by Crippen LogP contribution is 2.39. The smallest absolute Gasteiger partial charge is 0.329 e. The van der Waals surface area contributed by atoms with Crippen LogP contribution in [0.5, 0.6) is 5.75 Å². The van der Waals surface area contributed by atoms with E-state index in [2.05, 4.69) is 10.2 Å². The molecule has 0 aliphatic carbocycles. The van der Waals surface area contributed by atoms with Gasteiger partial charge in [-0.3, -0.25) is 33.6 Å². The second-order valence-corrected chi connectivity index (χ2v) is 15.9. The van der Waals surface area contributed by atoms with Crippen LogP contribution < -0.4 is 20.0 Å². The Kier molecular flexibility index (Phi) is 8.80. The van der Waals surface area contributed by atoms with Crippen molar-refractivity contribution in [2.75, 3.05) is 43.6 Å². The number of carbonyl (C=O) groups is 4. The number of nitrogens with one attached hydrogen (secondary N) is 2. The normalized spacial score (nSPS) is 20.9. The van der Waals surface area contributed by atoms with Crippen LogP contribution in [-0.4, -0.2) is 95.4 Å². The van der Waals surface area contributed by atoms with Gasteiger partial charge in [0.05, 0.1) is 11.0 Å². The number of imide groups is 1. The molecular weight excluding hydrogens is 722 g/mol. The number of aromatic nitrogens is 2. The Hall–Kier alpha value is -5.55. The number of rotatable bonds is 7. The number of benzene rings is 3. The molecule has 3 N–H and O–H groups in total. The molecule has 3 fully saturated rings. The molecule has 1 unspecified atom stereocenters. The molecule has 282 valence electrons. The Balaban J connectivity index is 0.873. The number of phenols is 1. The van der Waals surface area contributed by atoms with E-state index in [4.69, 9.17) is 0 Å². The predicted molar refractivity (Wildman–Crippen MR) is 196 cm³/mol. The van der Waals surface area contributed by atoms with Gasteiger partial charge in [0.15, 0.2) is 5.82 Å². The van der Waals surface area contributed by atoms with Crippen molar-refractivity contribution in [3.63, 3.8) is 0 Å². The summed E-state index contributed by atoms with van der Waals surface area (Å²) >= 11 is 0. The monoisotopic (exact) mass is 759 g/mol. The average molecular weight is 760 g/mol. The first-order valence-corrected chi connectivity index (χ1v) is 19.3. The Morgan fingerprint density at radius 3 is 2.46 bits per heavy atom. The van der Waals surface area contributed by atoms with Crippen molar-refractivity contribution in [3.8, 4) is 5.75 Å². The zero-order chi connectivity index (χ0) is 38.1. The SMILES string of the molecule is Cn1c(=O)n(C2CCC(=O)NC2=O)c2ccc(C3CCN(CCC(=O)N4CC=C(c5ccc6cc(O)c(N7CC(=O)NS7(=O)=O)c(F)c6c5)C4)CC3)cc21. The zero-order valence-corrected chi connectivity index (χ0v) is 30.2. The van der Waals surface area contributed by atoms with Crippen molar-refractivity contribution in [3.05, 3.63) is 76.0 Å². The molecule has 54 heavy (non-hydrogen) atoms. The van der Waals surface area contributed by atoms with Gasteiger partial charge in [-0.1, -0.05) is 24.3 Å². The molecule has 0 saturated carbocycles. The zero-order valence-electron chi connectivity index (χ0n) is 29.4. The fraction of sp³-hybridized carbons (Fsp3) is 0.378. The Labute approximate surface area is 308 Å². The number of halogens is 1. The molecule has 1 atom stereocenters. The summed E-state index contributed by atoms with van der Waals surface area (Å²) in [6.45, 7) is 2.28. The van der Waals surface area contributed by atoms with E-state index in [1.165, 1.54) is 10.6 Å². The van der Waals surface area contributed by atoms with Crippen LogP contribution in [0.2, 0.25) is 0 Å². The topological polar surface area (TPSA) is 183 Å². The van der Waals surface area contributed by atoms with Crippen LogP contribution in [0.1, 0.15) is 55.2 Å². The Morgan fingerprint density at radius 2 is 1.74 bits per heavy atom. The third kappa shape index (κ3) is 6.20. The summed E-state index contributed by atoms with van der Waals surface area (Å²) in [5.74, 6) is -2.95. The van der Waals surface area contributed by atoms with Crippen molar-refractivity contribution in [2.24, 2.45) is 7.05 Å². The maximum absolute atomic E-state index is 15.8. The first-order chi connectivity index (χ1) is 25.8. The molecule has 8 rings (SSSR count). The number of piperidine rings is 2. The molecule has 0 bridgehead atoms. The number of hydrogen-bond donors (Lipinski definition) is 3. The number of hydrogen-bond acceptors (Lipinski definition) is 9. The standard InChI is InChI=1S/C37H38FN7O8S/c1-41-29-17-23(4-5-27(29)45(37(41)51)28-6-7-31(47)39-36(28)50)21-8-12-42(13-9-21)14-11-33(49)43-15-10-25(19-43)22-2-3-24-18-30(46)35(34(38)26(24)16-22)44-20-32(48)40-54(44,52)53/h2-5,10,16-18,21,28,46H,6-9,11-15,19-20H2,1H3,(H,40,48)(H,39,47,50). The van der Waals surface area contributed by atoms with E-state index in [0.717, 1.165) is 42.6 Å². The van der Waals surface area contributed by atoms with E-state index in [1.54, 1.807) is 39.4 Å². The lowest BCUT2D eigenvalue weighted by Gasteiger charge is -2.32. The maximum Gasteiger partial charge on any atom is 0.329 e. The van der Waals surface area contributed by atoms with Gasteiger partial charge in [-0.05, 0) is 84.6 Å². The highest BCUT2D eigenvalue weighted by molar-refractivity contribution is 7.92. The molecular formula is C37H38FN7O8S. The number of anilines is 1. The van der Waals surface area contributed by atoms with Gasteiger partial charge in [-0.25, -0.2) is 18.2 Å². The van der Waals surface area contributed by atoms with Crippen LogP contribution in [0.25, 0.3) is 27.4 Å². The van der Waals surface area contributed by atoms with Gasteiger partial charge in [-0.15, -0.1) is 0 Å². The number of aromatic hydroxyl groups is 1. The third-order valence-corrected chi connectivity index (χ3v) is 12.5. The van der Waals surface area contributed by atoms with Crippen LogP contribution in [-0.2, 0) is 36.4 Å². The number of aryl methyl sites for hydroxylation is 1. The van der Waals surface area contributed by atoms with Gasteiger partial charge in [-0.2, -0.15) is 8.42 Å². The van der Waals surface area contributed by atoms with E-state index in [1.807, 2.05) is 24.3 Å². The molecule has 4 aromatic rings. The minimum atomic E-state index is -4.34. The first-order valence-electron chi connectivity index (χ1n) is 17.8. The number of imidazole rings is 1. The van der Waals surface area contributed by atoms with E-state index >= 15 is 4.39 Å². The summed E-state index contributed by atoms with van der Waals surface area (Å²) in [6.07, 6.45) is 4.46. The lowest BCUT2D eigenvalue weighted by molar-refractivity contribution is -0.136. The fourth-order valence-electron chi connectivity index (χ4n) is 8.13. The molecule has 4 amide bonds. The Bertz CT molecular complexity index is 2480. The minimum Gasteiger partial charge on any atom is -0.506 e. The van der Waals surface area contributed by atoms with Crippen molar-refractivity contribution in [2.45, 2.75) is 44.1 Å². The van der Waals surface area contributed by atoms with Gasteiger partial charge in [0.25, 0.3) is 5.91 Å². The molecule has 3 aromatic carbocycles. The van der Waals surface area contributed by atoms with Gasteiger partial charge in [0, 0.05) is 44.9 Å². The van der Waals surface area contributed by atoms with Crippen LogP contribution in [0, 0.1) is 5.82 Å². The molecule has 17 heteroatoms. The molecule has 4 aliphatic rings. The highest BCUT2D eigenvalue weighted by atomic mass is 32.2. The summed E-state index contributed by atoms with van der Waals surface area (Å²) in [5.41, 5.74) is 3.07. The molecule has 4 aliphatic heterocycles. The number of phenolic OH excluding ortho intramolecular Hbond substituents is 1. The largest absolute Gasteiger partial charge is 0.506 e. The van der Waals surface area contributed by atoms with Crippen molar-refractivity contribution < 1.29 is 37.1 Å². The summed E-state index contributed by atoms with van der Waals surface area (Å²) < 4.78 is 45.8. The van der Waals surface area contributed by atoms with E-state index in [-0.39, 0.29) is 41.6 Å². The van der Waals surface area contributed by atoms with E-state index in [9.17, 15) is 37.5 Å². The number of carbonyl (C=O) groups excluding carboxylic acids is 4. The highest BCUT2D eigenvalue weighted by Gasteiger charge is 2.38. The molecule has 5 heterocycles. The molecule has 1 aromatic heterocycles. The van der Waals surface area contributed by atoms with E-state index < -0.39 is 51.9 Å². The predicted octanol–water partition coefficient (Wildman–Crippen LogP) is 1.99. The Morgan fingerprint density at radius 1 is 0.963 bits per heavy atom. The number of likely N-dealkylation sites (tertiary alicyclic amines) is 1. The van der Waals surface area contributed by atoms with Crippen LogP contribution in [0.4, 0.5) is 10.1 Å². The average Bonchev–Trinajstić information content (AvgIpc) is 3.81. The van der Waals surface area contributed by atoms with Crippen LogP contribution in [0.15, 0.2) is 53.3 Å². The lowest BCUT2D eigenvalue weighted by atomic mass is 9.89. The van der Waals surface area contributed by atoms with Gasteiger partial charge < -0.3 is 14.9 Å². The van der Waals surface area contributed by atoms with Crippen molar-refractivity contribution in [1.82, 2.24) is 29.0 Å². The lowest BCUT2D eigenvalue weighted by Crippen LogP contribution is -2.44. The van der Waals surface area contributed by atoms with Crippen LogP contribution >= 0.6 is 0 Å². The van der Waals surface area contributed by atoms with Crippen LogP contribution in [0.3, 0.4) is 0 Å². The second-order valence-electron chi connectivity index (χ2n) is 14.3. The summed E-state index contributed by atoms with van der Waals surface area (Å²) in [7, 11) is -2.66. The van der Waals surface area contributed by atoms with Crippen molar-refractivity contribution >= 4 is 66.9 Å². The number of nitrogens with zero attached hydrogens (tertiary/aromatic N) is 5. The third-order valence-electron chi connectivity index (χ3n) is 11.1. The van der Waals surface area contributed by atoms with Gasteiger partial charge in [0.2, 0.25) is 17.7 Å². The van der Waals surface area contributed by atoms with E-state index in [0.29, 0.717) is 46.8 Å². The summed E-state index contributed by atoms with van der Waals surface area (Å²) in [4.78, 5) is 66.4. The molecule has 0 radical (unpaired) electrons. The number of amides is 4. The fourth-order valence-corrected chi connectivity index (χ4v) is 9.29. The molecule has 15 nitrogen and oxygen atoms in total. The summed E-state index contributed by atoms with van der Waals surface area (Å²) in [5, 5.41) is 13.2. The second kappa shape index (κ2) is 13.4. The van der Waals surface area contributed by atoms with Crippen molar-refractivity contribution in [1.29, 1.82) is 0 Å². The molecule has 0 spiro atoms. The van der Waals surface area contributed by atoms with Gasteiger partial charge in [0.1, 0.15) is 24.0 Å². The van der Waals surface area contributed by atoms with Gasteiger partial charge >= 0.3 is 15.9 Å². The minimum absolute atomic E-state index is 0.00847.